The van der Waals surface area contributed by atoms with Crippen molar-refractivity contribution in [2.45, 2.75) is 32.6 Å². The third kappa shape index (κ3) is 3.93. The average Bonchev–Trinajstić information content (AvgIpc) is 2.91. The van der Waals surface area contributed by atoms with Crippen LogP contribution in [-0.2, 0) is 11.2 Å². The van der Waals surface area contributed by atoms with Crippen molar-refractivity contribution < 1.29 is 4.79 Å². The Morgan fingerprint density at radius 3 is 2.58 bits per heavy atom. The van der Waals surface area contributed by atoms with E-state index in [1.165, 1.54) is 5.56 Å². The number of carbonyl (C=O) groups excluding carboxylic acids is 1. The molecule has 0 radical (unpaired) electrons. The zero-order chi connectivity index (χ0) is 13.7. The SMILES string of the molecule is CC[C@@H](C)c1ccc(NC(=O)Cc2cccs2)cc1. The normalized spacial score (nSPS) is 12.1. The second-order valence-corrected chi connectivity index (χ2v) is 5.77. The Kier molecular flexibility index (Phi) is 4.74. The lowest BCUT2D eigenvalue weighted by atomic mass is 9.99. The van der Waals surface area contributed by atoms with Gasteiger partial charge in [0, 0.05) is 10.6 Å². The van der Waals surface area contributed by atoms with E-state index in [0.29, 0.717) is 12.3 Å². The van der Waals surface area contributed by atoms with Crippen LogP contribution in [-0.4, -0.2) is 5.91 Å². The van der Waals surface area contributed by atoms with Gasteiger partial charge in [-0.3, -0.25) is 4.79 Å². The number of thiophene rings is 1. The molecule has 0 fully saturated rings. The number of hydrogen-bond donors (Lipinski definition) is 1. The molecule has 0 aliphatic carbocycles. The molecular formula is C16H19NOS. The first-order valence-corrected chi connectivity index (χ1v) is 7.49. The Balaban J connectivity index is 1.94. The molecule has 1 atom stereocenters. The van der Waals surface area contributed by atoms with Gasteiger partial charge in [-0.25, -0.2) is 0 Å². The molecular weight excluding hydrogens is 254 g/mol. The predicted molar refractivity (Wildman–Crippen MR) is 81.8 cm³/mol. The van der Waals surface area contributed by atoms with Gasteiger partial charge in [0.2, 0.25) is 5.91 Å². The Labute approximate surface area is 118 Å². The summed E-state index contributed by atoms with van der Waals surface area (Å²) in [5.41, 5.74) is 2.19. The van der Waals surface area contributed by atoms with E-state index in [1.807, 2.05) is 29.6 Å². The monoisotopic (exact) mass is 273 g/mol. The number of nitrogens with one attached hydrogen (secondary N) is 1. The van der Waals surface area contributed by atoms with Gasteiger partial charge in [-0.05, 0) is 41.5 Å². The topological polar surface area (TPSA) is 29.1 Å². The second-order valence-electron chi connectivity index (χ2n) is 4.74. The molecule has 0 spiro atoms. The van der Waals surface area contributed by atoms with E-state index in [9.17, 15) is 4.79 Å². The van der Waals surface area contributed by atoms with Gasteiger partial charge in [-0.15, -0.1) is 11.3 Å². The molecule has 0 bridgehead atoms. The number of anilines is 1. The second kappa shape index (κ2) is 6.53. The van der Waals surface area contributed by atoms with E-state index < -0.39 is 0 Å². The summed E-state index contributed by atoms with van der Waals surface area (Å²) in [6.07, 6.45) is 1.58. The molecule has 1 heterocycles. The standard InChI is InChI=1S/C16H19NOS/c1-3-12(2)13-6-8-14(9-7-13)17-16(18)11-15-5-4-10-19-15/h4-10,12H,3,11H2,1-2H3,(H,17,18)/t12-/m1/s1. The van der Waals surface area contributed by atoms with E-state index >= 15 is 0 Å². The van der Waals surface area contributed by atoms with Crippen molar-refractivity contribution in [3.8, 4) is 0 Å². The number of benzene rings is 1. The zero-order valence-electron chi connectivity index (χ0n) is 11.3. The Bertz CT molecular complexity index is 516. The molecule has 0 aliphatic rings. The number of rotatable bonds is 5. The molecule has 2 rings (SSSR count). The molecule has 1 N–H and O–H groups in total. The summed E-state index contributed by atoms with van der Waals surface area (Å²) < 4.78 is 0. The van der Waals surface area contributed by atoms with Crippen molar-refractivity contribution in [3.63, 3.8) is 0 Å². The van der Waals surface area contributed by atoms with E-state index in [0.717, 1.165) is 17.0 Å². The first kappa shape index (κ1) is 13.8. The highest BCUT2D eigenvalue weighted by atomic mass is 32.1. The summed E-state index contributed by atoms with van der Waals surface area (Å²) in [7, 11) is 0. The van der Waals surface area contributed by atoms with Crippen LogP contribution in [0.3, 0.4) is 0 Å². The van der Waals surface area contributed by atoms with Crippen molar-refractivity contribution in [2.24, 2.45) is 0 Å². The molecule has 0 aliphatic heterocycles. The molecule has 0 saturated carbocycles. The molecule has 0 unspecified atom stereocenters. The maximum atomic E-state index is 11.9. The van der Waals surface area contributed by atoms with Crippen LogP contribution >= 0.6 is 11.3 Å². The highest BCUT2D eigenvalue weighted by Gasteiger charge is 2.06. The summed E-state index contributed by atoms with van der Waals surface area (Å²) in [6, 6.07) is 12.1. The summed E-state index contributed by atoms with van der Waals surface area (Å²) in [5, 5.41) is 4.92. The lowest BCUT2D eigenvalue weighted by molar-refractivity contribution is -0.115. The van der Waals surface area contributed by atoms with Crippen LogP contribution in [0.15, 0.2) is 41.8 Å². The quantitative estimate of drug-likeness (QED) is 0.857. The maximum Gasteiger partial charge on any atom is 0.229 e. The van der Waals surface area contributed by atoms with Gasteiger partial charge in [0.15, 0.2) is 0 Å². The minimum atomic E-state index is 0.0405. The summed E-state index contributed by atoms with van der Waals surface area (Å²) in [4.78, 5) is 12.9. The largest absolute Gasteiger partial charge is 0.326 e. The third-order valence-corrected chi connectivity index (χ3v) is 4.17. The van der Waals surface area contributed by atoms with Gasteiger partial charge < -0.3 is 5.32 Å². The van der Waals surface area contributed by atoms with Crippen LogP contribution < -0.4 is 5.32 Å². The Morgan fingerprint density at radius 1 is 1.26 bits per heavy atom. The van der Waals surface area contributed by atoms with Gasteiger partial charge in [0.1, 0.15) is 0 Å². The lowest BCUT2D eigenvalue weighted by Gasteiger charge is -2.10. The fourth-order valence-electron chi connectivity index (χ4n) is 1.91. The predicted octanol–water partition coefficient (Wildman–Crippen LogP) is 4.44. The number of amides is 1. The van der Waals surface area contributed by atoms with Crippen molar-refractivity contribution in [3.05, 3.63) is 52.2 Å². The van der Waals surface area contributed by atoms with Crippen molar-refractivity contribution in [1.29, 1.82) is 0 Å². The van der Waals surface area contributed by atoms with Crippen molar-refractivity contribution in [2.75, 3.05) is 5.32 Å². The molecule has 19 heavy (non-hydrogen) atoms. The van der Waals surface area contributed by atoms with Gasteiger partial charge in [-0.1, -0.05) is 32.0 Å². The molecule has 1 aromatic heterocycles. The summed E-state index contributed by atoms with van der Waals surface area (Å²) in [5.74, 6) is 0.606. The molecule has 2 aromatic rings. The molecule has 2 nitrogen and oxygen atoms in total. The van der Waals surface area contributed by atoms with Crippen LogP contribution in [0.5, 0.6) is 0 Å². The lowest BCUT2D eigenvalue weighted by Crippen LogP contribution is -2.13. The summed E-state index contributed by atoms with van der Waals surface area (Å²) >= 11 is 1.61. The average molecular weight is 273 g/mol. The Hall–Kier alpha value is -1.61. The summed E-state index contributed by atoms with van der Waals surface area (Å²) in [6.45, 7) is 4.39. The maximum absolute atomic E-state index is 11.9. The fourth-order valence-corrected chi connectivity index (χ4v) is 2.61. The van der Waals surface area contributed by atoms with Crippen LogP contribution in [0, 0.1) is 0 Å². The first-order valence-electron chi connectivity index (χ1n) is 6.61. The van der Waals surface area contributed by atoms with Crippen molar-refractivity contribution >= 4 is 22.9 Å². The molecule has 0 saturated heterocycles. The van der Waals surface area contributed by atoms with E-state index in [4.69, 9.17) is 0 Å². The van der Waals surface area contributed by atoms with E-state index in [1.54, 1.807) is 11.3 Å². The minimum absolute atomic E-state index is 0.0405. The molecule has 100 valence electrons. The minimum Gasteiger partial charge on any atom is -0.326 e. The highest BCUT2D eigenvalue weighted by molar-refractivity contribution is 7.10. The van der Waals surface area contributed by atoms with Gasteiger partial charge >= 0.3 is 0 Å². The van der Waals surface area contributed by atoms with Crippen LogP contribution in [0.2, 0.25) is 0 Å². The number of hydrogen-bond acceptors (Lipinski definition) is 2. The zero-order valence-corrected chi connectivity index (χ0v) is 12.2. The van der Waals surface area contributed by atoms with E-state index in [2.05, 4.69) is 31.3 Å². The van der Waals surface area contributed by atoms with Crippen molar-refractivity contribution in [1.82, 2.24) is 0 Å². The van der Waals surface area contributed by atoms with Crippen LogP contribution in [0.4, 0.5) is 5.69 Å². The van der Waals surface area contributed by atoms with Gasteiger partial charge in [0.25, 0.3) is 0 Å². The fraction of sp³-hybridized carbons (Fsp3) is 0.312. The van der Waals surface area contributed by atoms with Crippen LogP contribution in [0.1, 0.15) is 36.6 Å². The third-order valence-electron chi connectivity index (χ3n) is 3.29. The molecule has 1 aromatic carbocycles. The number of carbonyl (C=O) groups is 1. The molecule has 3 heteroatoms. The van der Waals surface area contributed by atoms with Gasteiger partial charge in [-0.2, -0.15) is 0 Å². The van der Waals surface area contributed by atoms with Crippen LogP contribution in [0.25, 0.3) is 0 Å². The highest BCUT2D eigenvalue weighted by Crippen LogP contribution is 2.20. The first-order chi connectivity index (χ1) is 9.19. The Morgan fingerprint density at radius 2 is 2.00 bits per heavy atom. The molecule has 1 amide bonds. The smallest absolute Gasteiger partial charge is 0.229 e. The van der Waals surface area contributed by atoms with E-state index in [-0.39, 0.29) is 5.91 Å². The van der Waals surface area contributed by atoms with Gasteiger partial charge in [0.05, 0.1) is 6.42 Å².